The first-order valence-electron chi connectivity index (χ1n) is 6.99. The van der Waals surface area contributed by atoms with Crippen LogP contribution in [0.25, 0.3) is 0 Å². The number of nitrogens with one attached hydrogen (secondary N) is 1. The number of furan rings is 2. The number of carbonyl (C=O) groups excluding carboxylic acids is 1. The second kappa shape index (κ2) is 6.60. The first-order chi connectivity index (χ1) is 10.3. The molecule has 6 nitrogen and oxygen atoms in total. The lowest BCUT2D eigenvalue weighted by Crippen LogP contribution is -2.48. The van der Waals surface area contributed by atoms with Crippen molar-refractivity contribution in [1.82, 2.24) is 10.2 Å². The van der Waals surface area contributed by atoms with Crippen LogP contribution in [0.15, 0.2) is 45.6 Å². The average Bonchev–Trinajstić information content (AvgIpc) is 3.20. The van der Waals surface area contributed by atoms with Gasteiger partial charge in [-0.25, -0.2) is 0 Å². The molecule has 1 atom stereocenters. The highest BCUT2D eigenvalue weighted by atomic mass is 16.5. The van der Waals surface area contributed by atoms with Gasteiger partial charge in [0.25, 0.3) is 5.91 Å². The third-order valence-corrected chi connectivity index (χ3v) is 3.37. The van der Waals surface area contributed by atoms with Gasteiger partial charge in [-0.15, -0.1) is 0 Å². The van der Waals surface area contributed by atoms with Crippen molar-refractivity contribution < 1.29 is 18.4 Å². The van der Waals surface area contributed by atoms with E-state index in [4.69, 9.17) is 13.6 Å². The van der Waals surface area contributed by atoms with Crippen molar-refractivity contribution in [2.75, 3.05) is 19.7 Å². The quantitative estimate of drug-likeness (QED) is 0.901. The lowest BCUT2D eigenvalue weighted by atomic mass is 10.2. The van der Waals surface area contributed by atoms with Gasteiger partial charge in [-0.1, -0.05) is 0 Å². The number of morpholine rings is 1. The Kier molecular flexibility index (Phi) is 4.37. The van der Waals surface area contributed by atoms with Crippen LogP contribution in [0.3, 0.4) is 0 Å². The average molecular weight is 290 g/mol. The van der Waals surface area contributed by atoms with Gasteiger partial charge in [-0.2, -0.15) is 0 Å². The molecule has 3 heterocycles. The van der Waals surface area contributed by atoms with Crippen molar-refractivity contribution in [1.29, 1.82) is 0 Å². The van der Waals surface area contributed by atoms with Crippen molar-refractivity contribution in [3.05, 3.63) is 48.3 Å². The summed E-state index contributed by atoms with van der Waals surface area (Å²) in [5.41, 5.74) is 0. The molecule has 2 aromatic rings. The summed E-state index contributed by atoms with van der Waals surface area (Å²) in [5, 5.41) is 3.17. The smallest absolute Gasteiger partial charge is 0.253 e. The number of hydrogen-bond acceptors (Lipinski definition) is 5. The maximum absolute atomic E-state index is 12.6. The molecular formula is C15H18N2O4. The Labute approximate surface area is 122 Å². The topological polar surface area (TPSA) is 67.8 Å². The summed E-state index contributed by atoms with van der Waals surface area (Å²) in [6.45, 7) is 2.65. The number of hydrogen-bond donors (Lipinski definition) is 1. The molecule has 1 aliphatic rings. The molecule has 1 saturated heterocycles. The molecule has 0 spiro atoms. The van der Waals surface area contributed by atoms with Crippen molar-refractivity contribution in [2.24, 2.45) is 0 Å². The molecule has 0 saturated carbocycles. The van der Waals surface area contributed by atoms with Crippen LogP contribution in [0.4, 0.5) is 0 Å². The molecule has 0 radical (unpaired) electrons. The minimum Gasteiger partial charge on any atom is -0.467 e. The third-order valence-electron chi connectivity index (χ3n) is 3.37. The van der Waals surface area contributed by atoms with Crippen LogP contribution >= 0.6 is 0 Å². The highest BCUT2D eigenvalue weighted by Gasteiger charge is 2.28. The maximum atomic E-state index is 12.6. The Morgan fingerprint density at radius 1 is 1.19 bits per heavy atom. The molecule has 1 unspecified atom stereocenters. The second-order valence-electron chi connectivity index (χ2n) is 4.92. The fraction of sp³-hybridized carbons (Fsp3) is 0.400. The predicted octanol–water partition coefficient (Wildman–Crippen LogP) is 1.39. The predicted molar refractivity (Wildman–Crippen MR) is 74.3 cm³/mol. The molecule has 1 N–H and O–H groups in total. The molecule has 21 heavy (non-hydrogen) atoms. The minimum absolute atomic E-state index is 0.0602. The van der Waals surface area contributed by atoms with E-state index in [9.17, 15) is 4.79 Å². The SMILES string of the molecule is O=C(C1CNCCO1)N(Cc1ccco1)Cc1ccco1. The molecule has 6 heteroatoms. The molecule has 2 aromatic heterocycles. The van der Waals surface area contributed by atoms with E-state index in [2.05, 4.69) is 5.32 Å². The fourth-order valence-electron chi connectivity index (χ4n) is 2.32. The summed E-state index contributed by atoms with van der Waals surface area (Å²) in [6.07, 6.45) is 2.75. The number of rotatable bonds is 5. The molecule has 1 aliphatic heterocycles. The fourth-order valence-corrected chi connectivity index (χ4v) is 2.32. The number of ether oxygens (including phenoxy) is 1. The Balaban J connectivity index is 1.72. The molecule has 0 bridgehead atoms. The van der Waals surface area contributed by atoms with Crippen molar-refractivity contribution in [3.8, 4) is 0 Å². The second-order valence-corrected chi connectivity index (χ2v) is 4.92. The highest BCUT2D eigenvalue weighted by molar-refractivity contribution is 5.81. The summed E-state index contributed by atoms with van der Waals surface area (Å²) in [7, 11) is 0. The van der Waals surface area contributed by atoms with Crippen molar-refractivity contribution in [3.63, 3.8) is 0 Å². The Morgan fingerprint density at radius 3 is 2.33 bits per heavy atom. The lowest BCUT2D eigenvalue weighted by molar-refractivity contribution is -0.147. The van der Waals surface area contributed by atoms with Gasteiger partial charge in [0.15, 0.2) is 0 Å². The zero-order valence-electron chi connectivity index (χ0n) is 11.7. The molecule has 0 aromatic carbocycles. The van der Waals surface area contributed by atoms with Crippen LogP contribution in [0.5, 0.6) is 0 Å². The maximum Gasteiger partial charge on any atom is 0.253 e. The van der Waals surface area contributed by atoms with Gasteiger partial charge in [0.05, 0.1) is 32.2 Å². The van der Waals surface area contributed by atoms with Crippen LogP contribution in [0.1, 0.15) is 11.5 Å². The first-order valence-corrected chi connectivity index (χ1v) is 6.99. The Hall–Kier alpha value is -2.05. The van der Waals surface area contributed by atoms with E-state index in [1.165, 1.54) is 0 Å². The normalized spacial score (nSPS) is 18.6. The zero-order valence-corrected chi connectivity index (χ0v) is 11.7. The highest BCUT2D eigenvalue weighted by Crippen LogP contribution is 2.14. The van der Waals surface area contributed by atoms with E-state index in [-0.39, 0.29) is 5.91 Å². The molecule has 0 aliphatic carbocycles. The summed E-state index contributed by atoms with van der Waals surface area (Å²) in [5.74, 6) is 1.41. The van der Waals surface area contributed by atoms with Gasteiger partial charge in [0.1, 0.15) is 17.6 Å². The van der Waals surface area contributed by atoms with E-state index in [0.717, 1.165) is 18.1 Å². The summed E-state index contributed by atoms with van der Waals surface area (Å²) >= 11 is 0. The van der Waals surface area contributed by atoms with Gasteiger partial charge < -0.3 is 23.8 Å². The largest absolute Gasteiger partial charge is 0.467 e. The van der Waals surface area contributed by atoms with Crippen molar-refractivity contribution >= 4 is 5.91 Å². The van der Waals surface area contributed by atoms with Gasteiger partial charge in [0.2, 0.25) is 0 Å². The van der Waals surface area contributed by atoms with Crippen LogP contribution in [0, 0.1) is 0 Å². The Bertz CT molecular complexity index is 508. The van der Waals surface area contributed by atoms with Gasteiger partial charge in [0, 0.05) is 13.1 Å². The zero-order chi connectivity index (χ0) is 14.5. The number of nitrogens with zero attached hydrogens (tertiary/aromatic N) is 1. The van der Waals surface area contributed by atoms with Crippen LogP contribution in [0.2, 0.25) is 0 Å². The Morgan fingerprint density at radius 2 is 1.86 bits per heavy atom. The minimum atomic E-state index is -0.455. The molecule has 112 valence electrons. The van der Waals surface area contributed by atoms with Crippen molar-refractivity contribution in [2.45, 2.75) is 19.2 Å². The number of carbonyl (C=O) groups is 1. The molecule has 3 rings (SSSR count). The van der Waals surface area contributed by atoms with Gasteiger partial charge >= 0.3 is 0 Å². The van der Waals surface area contributed by atoms with Crippen LogP contribution < -0.4 is 5.32 Å². The first kappa shape index (κ1) is 13.9. The van der Waals surface area contributed by atoms with Gasteiger partial charge in [-0.05, 0) is 24.3 Å². The van der Waals surface area contributed by atoms with E-state index >= 15 is 0 Å². The van der Waals surface area contributed by atoms with E-state index in [0.29, 0.717) is 26.2 Å². The van der Waals surface area contributed by atoms with Gasteiger partial charge in [-0.3, -0.25) is 4.79 Å². The van der Waals surface area contributed by atoms with Crippen LogP contribution in [-0.4, -0.2) is 36.6 Å². The van der Waals surface area contributed by atoms with E-state index in [1.807, 2.05) is 24.3 Å². The van der Waals surface area contributed by atoms with Crippen LogP contribution in [-0.2, 0) is 22.6 Å². The lowest BCUT2D eigenvalue weighted by Gasteiger charge is -2.28. The third kappa shape index (κ3) is 3.53. The van der Waals surface area contributed by atoms with E-state index in [1.54, 1.807) is 17.4 Å². The summed E-state index contributed by atoms with van der Waals surface area (Å²) in [4.78, 5) is 14.3. The molecular weight excluding hydrogens is 272 g/mol. The molecule has 1 fully saturated rings. The molecule has 1 amide bonds. The summed E-state index contributed by atoms with van der Waals surface area (Å²) < 4.78 is 16.2. The monoisotopic (exact) mass is 290 g/mol. The standard InChI is InChI=1S/C15H18N2O4/c18-15(14-9-16-5-8-21-14)17(10-12-3-1-6-19-12)11-13-4-2-7-20-13/h1-4,6-7,14,16H,5,8-11H2. The summed E-state index contributed by atoms with van der Waals surface area (Å²) in [6, 6.07) is 7.32. The van der Waals surface area contributed by atoms with E-state index < -0.39 is 6.10 Å². The number of amides is 1.